The fourth-order valence-corrected chi connectivity index (χ4v) is 2.19. The normalized spacial score (nSPS) is 18.5. The first kappa shape index (κ1) is 13.4. The second-order valence-corrected chi connectivity index (χ2v) is 4.66. The predicted molar refractivity (Wildman–Crippen MR) is 74.5 cm³/mol. The topological polar surface area (TPSA) is 32.3 Å². The molecule has 100 valence electrons. The molecular formula is C15H17FN2O. The first-order valence-corrected chi connectivity index (χ1v) is 6.45. The second kappa shape index (κ2) is 5.75. The van der Waals surface area contributed by atoms with Gasteiger partial charge in [0.25, 0.3) is 0 Å². The maximum Gasteiger partial charge on any atom is 0.228 e. The second-order valence-electron chi connectivity index (χ2n) is 4.66. The Morgan fingerprint density at radius 1 is 1.58 bits per heavy atom. The lowest BCUT2D eigenvalue weighted by atomic mass is 10.1. The Morgan fingerprint density at radius 3 is 3.00 bits per heavy atom. The zero-order valence-electron chi connectivity index (χ0n) is 10.9. The highest BCUT2D eigenvalue weighted by Gasteiger charge is 2.30. The van der Waals surface area contributed by atoms with Crippen LogP contribution in [0.1, 0.15) is 19.8 Å². The molecule has 2 rings (SSSR count). The van der Waals surface area contributed by atoms with E-state index in [9.17, 15) is 9.18 Å². The Kier molecular flexibility index (Phi) is 4.06. The summed E-state index contributed by atoms with van der Waals surface area (Å²) in [5.74, 6) is 2.11. The Balaban J connectivity index is 2.30. The maximum atomic E-state index is 13.4. The number of carbonyl (C=O) groups is 1. The summed E-state index contributed by atoms with van der Waals surface area (Å²) in [7, 11) is 0. The first-order chi connectivity index (χ1) is 9.15. The summed E-state index contributed by atoms with van der Waals surface area (Å²) >= 11 is 0. The first-order valence-electron chi connectivity index (χ1n) is 6.45. The van der Waals surface area contributed by atoms with Crippen LogP contribution >= 0.6 is 0 Å². The molecule has 0 spiro atoms. The minimum atomic E-state index is -0.353. The van der Waals surface area contributed by atoms with Crippen LogP contribution < -0.4 is 10.2 Å². The van der Waals surface area contributed by atoms with Crippen molar-refractivity contribution in [2.45, 2.75) is 19.8 Å². The molecule has 1 aliphatic heterocycles. The van der Waals surface area contributed by atoms with E-state index in [-0.39, 0.29) is 17.6 Å². The summed E-state index contributed by atoms with van der Waals surface area (Å²) in [5.41, 5.74) is 1.35. The molecule has 0 aromatic heterocycles. The van der Waals surface area contributed by atoms with Crippen molar-refractivity contribution < 1.29 is 9.18 Å². The lowest BCUT2D eigenvalue weighted by Gasteiger charge is -2.20. The molecule has 0 bridgehead atoms. The van der Waals surface area contributed by atoms with Gasteiger partial charge in [-0.1, -0.05) is 6.92 Å². The lowest BCUT2D eigenvalue weighted by molar-refractivity contribution is -0.117. The largest absolute Gasteiger partial charge is 0.383 e. The number of nitrogens with zero attached hydrogens (tertiary/aromatic N) is 1. The molecule has 1 atom stereocenters. The van der Waals surface area contributed by atoms with Crippen LogP contribution in [0.25, 0.3) is 0 Å². The molecular weight excluding hydrogens is 243 g/mol. The number of benzene rings is 1. The average molecular weight is 260 g/mol. The lowest BCUT2D eigenvalue weighted by Crippen LogP contribution is -2.25. The molecule has 1 aromatic carbocycles. The van der Waals surface area contributed by atoms with Crippen LogP contribution in [0.4, 0.5) is 15.8 Å². The third kappa shape index (κ3) is 2.87. The van der Waals surface area contributed by atoms with Crippen molar-refractivity contribution in [1.29, 1.82) is 0 Å². The number of carbonyl (C=O) groups excluding carboxylic acids is 1. The summed E-state index contributed by atoms with van der Waals surface area (Å²) in [6.07, 6.45) is 6.66. The highest BCUT2D eigenvalue weighted by Crippen LogP contribution is 2.32. The summed E-state index contributed by atoms with van der Waals surface area (Å²) in [5, 5.41) is 3.21. The van der Waals surface area contributed by atoms with E-state index >= 15 is 0 Å². The van der Waals surface area contributed by atoms with Gasteiger partial charge in [-0.25, -0.2) is 4.39 Å². The average Bonchev–Trinajstić information content (AvgIpc) is 2.78. The van der Waals surface area contributed by atoms with Gasteiger partial charge in [0, 0.05) is 25.4 Å². The number of terminal acetylenes is 1. The molecule has 1 heterocycles. The molecule has 1 aliphatic rings. The SMILES string of the molecule is C#CC1CC(=O)N(c2cc(F)ccc2NCCC)C1. The van der Waals surface area contributed by atoms with Crippen molar-refractivity contribution in [3.05, 3.63) is 24.0 Å². The molecule has 3 nitrogen and oxygen atoms in total. The van der Waals surface area contributed by atoms with E-state index in [0.29, 0.717) is 18.7 Å². The van der Waals surface area contributed by atoms with Gasteiger partial charge < -0.3 is 10.2 Å². The number of hydrogen-bond acceptors (Lipinski definition) is 2. The molecule has 1 unspecified atom stereocenters. The van der Waals surface area contributed by atoms with E-state index in [1.165, 1.54) is 12.1 Å². The summed E-state index contributed by atoms with van der Waals surface area (Å²) in [6.45, 7) is 3.28. The Morgan fingerprint density at radius 2 is 2.37 bits per heavy atom. The third-order valence-electron chi connectivity index (χ3n) is 3.18. The van der Waals surface area contributed by atoms with Gasteiger partial charge in [-0.3, -0.25) is 4.79 Å². The van der Waals surface area contributed by atoms with Gasteiger partial charge in [-0.15, -0.1) is 12.3 Å². The van der Waals surface area contributed by atoms with Crippen LogP contribution in [-0.2, 0) is 4.79 Å². The van der Waals surface area contributed by atoms with Crippen molar-refractivity contribution in [3.8, 4) is 12.3 Å². The number of nitrogens with one attached hydrogen (secondary N) is 1. The highest BCUT2D eigenvalue weighted by molar-refractivity contribution is 5.99. The zero-order chi connectivity index (χ0) is 13.8. The molecule has 19 heavy (non-hydrogen) atoms. The van der Waals surface area contributed by atoms with E-state index < -0.39 is 0 Å². The molecule has 4 heteroatoms. The van der Waals surface area contributed by atoms with Crippen molar-refractivity contribution >= 4 is 17.3 Å². The summed E-state index contributed by atoms with van der Waals surface area (Å²) in [6, 6.07) is 4.44. The minimum absolute atomic E-state index is 0.0481. The van der Waals surface area contributed by atoms with E-state index in [0.717, 1.165) is 18.7 Å². The van der Waals surface area contributed by atoms with Crippen LogP contribution in [0.2, 0.25) is 0 Å². The van der Waals surface area contributed by atoms with Crippen molar-refractivity contribution in [2.75, 3.05) is 23.3 Å². The molecule has 0 aliphatic carbocycles. The van der Waals surface area contributed by atoms with Crippen LogP contribution in [0.5, 0.6) is 0 Å². The number of amides is 1. The van der Waals surface area contributed by atoms with Crippen LogP contribution in [0.3, 0.4) is 0 Å². The third-order valence-corrected chi connectivity index (χ3v) is 3.18. The van der Waals surface area contributed by atoms with Crippen molar-refractivity contribution in [1.82, 2.24) is 0 Å². The molecule has 0 saturated carbocycles. The molecule has 1 saturated heterocycles. The number of rotatable bonds is 4. The smallest absolute Gasteiger partial charge is 0.228 e. The maximum absolute atomic E-state index is 13.4. The highest BCUT2D eigenvalue weighted by atomic mass is 19.1. The molecule has 1 amide bonds. The van der Waals surface area contributed by atoms with Gasteiger partial charge in [-0.2, -0.15) is 0 Å². The number of anilines is 2. The predicted octanol–water partition coefficient (Wildman–Crippen LogP) is 2.63. The van der Waals surface area contributed by atoms with Crippen LogP contribution in [0.15, 0.2) is 18.2 Å². The van der Waals surface area contributed by atoms with Gasteiger partial charge in [-0.05, 0) is 24.6 Å². The molecule has 1 N–H and O–H groups in total. The summed E-state index contributed by atoms with van der Waals surface area (Å²) in [4.78, 5) is 13.5. The number of halogens is 1. The van der Waals surface area contributed by atoms with Gasteiger partial charge in [0.2, 0.25) is 5.91 Å². The molecule has 0 radical (unpaired) electrons. The van der Waals surface area contributed by atoms with E-state index in [2.05, 4.69) is 11.2 Å². The molecule has 1 aromatic rings. The van der Waals surface area contributed by atoms with Crippen LogP contribution in [-0.4, -0.2) is 19.0 Å². The summed E-state index contributed by atoms with van der Waals surface area (Å²) < 4.78 is 13.4. The Hall–Kier alpha value is -2.02. The van der Waals surface area contributed by atoms with E-state index in [1.54, 1.807) is 11.0 Å². The standard InChI is InChI=1S/C15H17FN2O/c1-3-7-17-13-6-5-12(16)9-14(13)18-10-11(4-2)8-15(18)19/h2,5-6,9,11,17H,3,7-8,10H2,1H3. The fourth-order valence-electron chi connectivity index (χ4n) is 2.19. The molecule has 1 fully saturated rings. The van der Waals surface area contributed by atoms with Crippen molar-refractivity contribution in [2.24, 2.45) is 5.92 Å². The number of hydrogen-bond donors (Lipinski definition) is 1. The monoisotopic (exact) mass is 260 g/mol. The fraction of sp³-hybridized carbons (Fsp3) is 0.400. The van der Waals surface area contributed by atoms with Gasteiger partial charge >= 0.3 is 0 Å². The van der Waals surface area contributed by atoms with Gasteiger partial charge in [0.05, 0.1) is 11.4 Å². The Labute approximate surface area is 112 Å². The zero-order valence-corrected chi connectivity index (χ0v) is 10.9. The quantitative estimate of drug-likeness (QED) is 0.844. The Bertz CT molecular complexity index is 521. The van der Waals surface area contributed by atoms with Gasteiger partial charge in [0.15, 0.2) is 0 Å². The van der Waals surface area contributed by atoms with Gasteiger partial charge in [0.1, 0.15) is 5.82 Å². The minimum Gasteiger partial charge on any atom is -0.383 e. The van der Waals surface area contributed by atoms with E-state index in [1.807, 2.05) is 6.92 Å². The van der Waals surface area contributed by atoms with Crippen LogP contribution in [0, 0.1) is 24.1 Å². The van der Waals surface area contributed by atoms with E-state index in [4.69, 9.17) is 6.42 Å². The van der Waals surface area contributed by atoms with Crippen molar-refractivity contribution in [3.63, 3.8) is 0 Å².